The maximum absolute atomic E-state index is 11.8. The second kappa shape index (κ2) is 9.46. The van der Waals surface area contributed by atoms with Gasteiger partial charge < -0.3 is 19.7 Å². The predicted molar refractivity (Wildman–Crippen MR) is 91.5 cm³/mol. The van der Waals surface area contributed by atoms with Gasteiger partial charge in [-0.25, -0.2) is 4.79 Å². The summed E-state index contributed by atoms with van der Waals surface area (Å²) in [4.78, 5) is 36.6. The highest BCUT2D eigenvalue weighted by Gasteiger charge is 2.44. The van der Waals surface area contributed by atoms with Crippen molar-refractivity contribution < 1.29 is 24.5 Å². The molecule has 0 aromatic carbocycles. The van der Waals surface area contributed by atoms with E-state index in [-0.39, 0.29) is 13.0 Å². The number of rotatable bonds is 8. The lowest BCUT2D eigenvalue weighted by molar-refractivity contribution is -0.150. The van der Waals surface area contributed by atoms with Crippen LogP contribution in [0.5, 0.6) is 0 Å². The van der Waals surface area contributed by atoms with E-state index >= 15 is 0 Å². The summed E-state index contributed by atoms with van der Waals surface area (Å²) in [6.07, 6.45) is 2.94. The molecule has 4 atom stereocenters. The molecule has 9 heteroatoms. The summed E-state index contributed by atoms with van der Waals surface area (Å²) in [6, 6.07) is 1.10. The number of esters is 1. The number of unbranched alkanes of at least 4 members (excludes halogenated alkanes) is 1. The molecule has 9 nitrogen and oxygen atoms in total. The van der Waals surface area contributed by atoms with E-state index in [1.165, 1.54) is 6.20 Å². The van der Waals surface area contributed by atoms with Gasteiger partial charge in [0.25, 0.3) is 5.56 Å². The lowest BCUT2D eigenvalue weighted by atomic mass is 10.1. The maximum Gasteiger partial charge on any atom is 0.330 e. The lowest BCUT2D eigenvalue weighted by Gasteiger charge is -2.16. The number of nitrogens with zero attached hydrogens (tertiary/aromatic N) is 1. The average Bonchev–Trinajstić information content (AvgIpc) is 2.88. The molecule has 0 bridgehead atoms. The van der Waals surface area contributed by atoms with Gasteiger partial charge in [0.15, 0.2) is 6.23 Å². The van der Waals surface area contributed by atoms with Crippen molar-refractivity contribution in [1.82, 2.24) is 9.55 Å². The lowest BCUT2D eigenvalue weighted by Crippen LogP contribution is -2.37. The Morgan fingerprint density at radius 1 is 1.31 bits per heavy atom. The molecule has 0 amide bonds. The van der Waals surface area contributed by atoms with Crippen molar-refractivity contribution in [3.05, 3.63) is 45.3 Å². The van der Waals surface area contributed by atoms with Crippen molar-refractivity contribution in [2.24, 2.45) is 0 Å². The number of hydrogen-bond acceptors (Lipinski definition) is 7. The molecule has 1 aromatic rings. The highest BCUT2D eigenvalue weighted by Crippen LogP contribution is 2.28. The Hall–Kier alpha value is -2.23. The molecule has 0 aliphatic carbocycles. The molecule has 1 saturated heterocycles. The zero-order valence-corrected chi connectivity index (χ0v) is 14.5. The summed E-state index contributed by atoms with van der Waals surface area (Å²) >= 11 is 0. The molecule has 0 spiro atoms. The molecule has 1 aliphatic heterocycles. The summed E-state index contributed by atoms with van der Waals surface area (Å²) in [6.45, 7) is 1.82. The van der Waals surface area contributed by atoms with Gasteiger partial charge >= 0.3 is 11.7 Å². The minimum atomic E-state index is -1.40. The summed E-state index contributed by atoms with van der Waals surface area (Å²) in [5.74, 6) is -0.443. The number of nitrogens with one attached hydrogen (secondary N) is 1. The zero-order chi connectivity index (χ0) is 19.1. The van der Waals surface area contributed by atoms with Crippen LogP contribution < -0.4 is 11.2 Å². The van der Waals surface area contributed by atoms with E-state index in [0.717, 1.165) is 23.5 Å². The SMILES string of the molecule is CCC/C=C\CCC(=O)OC[C@H]1O[C@@H](n2ccc(=O)[nH]c2=O)[C@H](O)[C@@H]1O. The number of aliphatic hydroxyl groups excluding tert-OH is 2. The van der Waals surface area contributed by atoms with Gasteiger partial charge in [-0.15, -0.1) is 0 Å². The van der Waals surface area contributed by atoms with Crippen LogP contribution in [0.3, 0.4) is 0 Å². The van der Waals surface area contributed by atoms with Crippen LogP contribution in [0.4, 0.5) is 0 Å². The molecule has 0 unspecified atom stereocenters. The molecular formula is C17H24N2O7. The number of aliphatic hydroxyl groups is 2. The minimum Gasteiger partial charge on any atom is -0.463 e. The maximum atomic E-state index is 11.8. The largest absolute Gasteiger partial charge is 0.463 e. The third kappa shape index (κ3) is 5.13. The Labute approximate surface area is 149 Å². The quantitative estimate of drug-likeness (QED) is 0.429. The number of aromatic nitrogens is 2. The Morgan fingerprint density at radius 2 is 2.04 bits per heavy atom. The van der Waals surface area contributed by atoms with Gasteiger partial charge in [-0.1, -0.05) is 25.5 Å². The Bertz CT molecular complexity index is 739. The molecule has 1 aliphatic rings. The molecule has 3 N–H and O–H groups in total. The number of hydrogen-bond donors (Lipinski definition) is 3. The van der Waals surface area contributed by atoms with E-state index in [2.05, 4.69) is 6.92 Å². The first-order valence-electron chi connectivity index (χ1n) is 8.57. The average molecular weight is 368 g/mol. The van der Waals surface area contributed by atoms with Gasteiger partial charge in [-0.2, -0.15) is 0 Å². The standard InChI is InChI=1S/C17H24N2O7/c1-2-3-4-5-6-7-13(21)25-10-11-14(22)15(23)16(26-11)19-9-8-12(20)18-17(19)24/h4-5,8-9,11,14-16,22-23H,2-3,6-7,10H2,1H3,(H,18,20,24)/b5-4-/t11-,14-,15-,16-/m1/s1. The van der Waals surface area contributed by atoms with Crippen molar-refractivity contribution >= 4 is 5.97 Å². The molecule has 1 fully saturated rings. The summed E-state index contributed by atoms with van der Waals surface area (Å²) in [7, 11) is 0. The number of carbonyl (C=O) groups excluding carboxylic acids is 1. The number of ether oxygens (including phenoxy) is 2. The van der Waals surface area contributed by atoms with Gasteiger partial charge in [-0.3, -0.25) is 19.1 Å². The molecule has 144 valence electrons. The van der Waals surface area contributed by atoms with E-state index in [4.69, 9.17) is 9.47 Å². The van der Waals surface area contributed by atoms with Crippen molar-refractivity contribution in [3.8, 4) is 0 Å². The number of aromatic amines is 1. The van der Waals surface area contributed by atoms with E-state index in [9.17, 15) is 24.6 Å². The van der Waals surface area contributed by atoms with Crippen LogP contribution in [0.15, 0.2) is 34.0 Å². The van der Waals surface area contributed by atoms with Crippen LogP contribution in [0.25, 0.3) is 0 Å². The van der Waals surface area contributed by atoms with Crippen LogP contribution in [0.1, 0.15) is 38.8 Å². The van der Waals surface area contributed by atoms with E-state index in [1.807, 2.05) is 17.1 Å². The Kier molecular flexibility index (Phi) is 7.31. The first kappa shape index (κ1) is 20.1. The number of carbonyl (C=O) groups is 1. The highest BCUT2D eigenvalue weighted by molar-refractivity contribution is 5.69. The van der Waals surface area contributed by atoms with Gasteiger partial charge in [0.2, 0.25) is 0 Å². The fourth-order valence-corrected chi connectivity index (χ4v) is 2.58. The molecule has 0 saturated carbocycles. The van der Waals surface area contributed by atoms with Crippen molar-refractivity contribution in [2.75, 3.05) is 6.61 Å². The Balaban J connectivity index is 1.88. The fraction of sp³-hybridized carbons (Fsp3) is 0.588. The van der Waals surface area contributed by atoms with Gasteiger partial charge in [0.1, 0.15) is 24.9 Å². The summed E-state index contributed by atoms with van der Waals surface area (Å²) < 4.78 is 11.5. The van der Waals surface area contributed by atoms with Gasteiger partial charge in [0, 0.05) is 18.7 Å². The van der Waals surface area contributed by atoms with E-state index < -0.39 is 41.8 Å². The van der Waals surface area contributed by atoms with Crippen LogP contribution in [-0.4, -0.2) is 50.7 Å². The molecule has 2 rings (SSSR count). The topological polar surface area (TPSA) is 131 Å². The fourth-order valence-electron chi connectivity index (χ4n) is 2.58. The molecule has 26 heavy (non-hydrogen) atoms. The van der Waals surface area contributed by atoms with E-state index in [1.54, 1.807) is 0 Å². The van der Waals surface area contributed by atoms with Crippen molar-refractivity contribution in [3.63, 3.8) is 0 Å². The first-order valence-corrected chi connectivity index (χ1v) is 8.57. The van der Waals surface area contributed by atoms with Crippen LogP contribution in [0, 0.1) is 0 Å². The zero-order valence-electron chi connectivity index (χ0n) is 14.5. The number of allylic oxidation sites excluding steroid dienone is 2. The summed E-state index contributed by atoms with van der Waals surface area (Å²) in [5, 5.41) is 20.1. The third-order valence-electron chi connectivity index (χ3n) is 4.01. The Morgan fingerprint density at radius 3 is 2.73 bits per heavy atom. The van der Waals surface area contributed by atoms with E-state index in [0.29, 0.717) is 6.42 Å². The monoisotopic (exact) mass is 368 g/mol. The first-order chi connectivity index (χ1) is 12.4. The van der Waals surface area contributed by atoms with Crippen LogP contribution in [0.2, 0.25) is 0 Å². The number of H-pyrrole nitrogens is 1. The van der Waals surface area contributed by atoms with Gasteiger partial charge in [0.05, 0.1) is 0 Å². The van der Waals surface area contributed by atoms with Crippen molar-refractivity contribution in [1.29, 1.82) is 0 Å². The minimum absolute atomic E-state index is 0.203. The second-order valence-corrected chi connectivity index (χ2v) is 6.05. The van der Waals surface area contributed by atoms with Gasteiger partial charge in [-0.05, 0) is 12.8 Å². The smallest absolute Gasteiger partial charge is 0.330 e. The normalized spacial score (nSPS) is 25.7. The van der Waals surface area contributed by atoms with Crippen LogP contribution >= 0.6 is 0 Å². The second-order valence-electron chi connectivity index (χ2n) is 6.05. The summed E-state index contributed by atoms with van der Waals surface area (Å²) in [5.41, 5.74) is -1.36. The molecule has 2 heterocycles. The molecule has 0 radical (unpaired) electrons. The van der Waals surface area contributed by atoms with Crippen molar-refractivity contribution in [2.45, 2.75) is 57.1 Å². The van der Waals surface area contributed by atoms with Crippen LogP contribution in [-0.2, 0) is 14.3 Å². The molecular weight excluding hydrogens is 344 g/mol. The molecule has 1 aromatic heterocycles. The third-order valence-corrected chi connectivity index (χ3v) is 4.01. The highest BCUT2D eigenvalue weighted by atomic mass is 16.6. The predicted octanol–water partition coefficient (Wildman–Crippen LogP) is -0.164.